The molecule has 3 nitrogen and oxygen atoms in total. The van der Waals surface area contributed by atoms with Crippen molar-refractivity contribution in [3.8, 4) is 0 Å². The molecule has 0 aromatic carbocycles. The molecular weight excluding hydrogens is 156 g/mol. The Balaban J connectivity index is 3.19. The highest BCUT2D eigenvalue weighted by atomic mass is 16.5. The van der Waals surface area contributed by atoms with Gasteiger partial charge in [-0.05, 0) is 26.2 Å². The van der Waals surface area contributed by atoms with Gasteiger partial charge >= 0.3 is 5.97 Å². The van der Waals surface area contributed by atoms with Gasteiger partial charge in [-0.3, -0.25) is 4.79 Å². The molecule has 0 saturated heterocycles. The highest BCUT2D eigenvalue weighted by molar-refractivity contribution is 5.66. The lowest BCUT2D eigenvalue weighted by molar-refractivity contribution is -0.137. The van der Waals surface area contributed by atoms with Gasteiger partial charge in [0.05, 0.1) is 6.10 Å². The minimum absolute atomic E-state index is 0.198. The molecule has 0 aliphatic heterocycles. The maximum atomic E-state index is 10.2. The summed E-state index contributed by atoms with van der Waals surface area (Å²) < 4.78 is 5.38. The van der Waals surface area contributed by atoms with Gasteiger partial charge in [-0.2, -0.15) is 0 Å². The molecule has 0 aliphatic rings. The molecule has 0 unspecified atom stereocenters. The maximum absolute atomic E-state index is 10.2. The zero-order valence-corrected chi connectivity index (χ0v) is 7.88. The van der Waals surface area contributed by atoms with E-state index in [-0.39, 0.29) is 12.5 Å². The van der Waals surface area contributed by atoms with Crippen LogP contribution in [0.2, 0.25) is 0 Å². The lowest BCUT2D eigenvalue weighted by Crippen LogP contribution is -2.09. The Hall–Kier alpha value is -0.570. The lowest BCUT2D eigenvalue weighted by Gasteiger charge is -2.10. The van der Waals surface area contributed by atoms with Crippen LogP contribution in [0.4, 0.5) is 0 Å². The highest BCUT2D eigenvalue weighted by Crippen LogP contribution is 2.04. The van der Waals surface area contributed by atoms with Crippen molar-refractivity contribution in [2.24, 2.45) is 0 Å². The number of hydrogen-bond donors (Lipinski definition) is 1. The first-order chi connectivity index (χ1) is 5.66. The summed E-state index contributed by atoms with van der Waals surface area (Å²) in [5.41, 5.74) is 0. The predicted octanol–water partition coefficient (Wildman–Crippen LogP) is 2.06. The van der Waals surface area contributed by atoms with Crippen LogP contribution in [-0.4, -0.2) is 23.8 Å². The summed E-state index contributed by atoms with van der Waals surface area (Å²) >= 11 is 0. The second-order valence-corrected chi connectivity index (χ2v) is 2.97. The maximum Gasteiger partial charge on any atom is 0.303 e. The predicted molar refractivity (Wildman–Crippen MR) is 47.2 cm³/mol. The third-order valence-electron chi connectivity index (χ3n) is 1.61. The second-order valence-electron chi connectivity index (χ2n) is 2.97. The molecule has 0 rings (SSSR count). The van der Waals surface area contributed by atoms with Gasteiger partial charge in [0.25, 0.3) is 0 Å². The van der Waals surface area contributed by atoms with E-state index >= 15 is 0 Å². The zero-order valence-electron chi connectivity index (χ0n) is 7.88. The molecule has 0 aromatic rings. The van der Waals surface area contributed by atoms with E-state index in [1.165, 1.54) is 0 Å². The van der Waals surface area contributed by atoms with Crippen LogP contribution < -0.4 is 0 Å². The van der Waals surface area contributed by atoms with E-state index in [2.05, 4.69) is 6.92 Å². The summed E-state index contributed by atoms with van der Waals surface area (Å²) in [5, 5.41) is 8.36. The van der Waals surface area contributed by atoms with Gasteiger partial charge in [0, 0.05) is 13.0 Å². The summed E-state index contributed by atoms with van der Waals surface area (Å²) in [6.45, 7) is 4.82. The van der Waals surface area contributed by atoms with Crippen LogP contribution in [0.5, 0.6) is 0 Å². The number of carboxylic acids is 1. The van der Waals surface area contributed by atoms with E-state index in [9.17, 15) is 4.79 Å². The first kappa shape index (κ1) is 11.4. The van der Waals surface area contributed by atoms with Gasteiger partial charge < -0.3 is 9.84 Å². The normalized spacial score (nSPS) is 12.8. The molecule has 72 valence electrons. The van der Waals surface area contributed by atoms with Gasteiger partial charge in [-0.1, -0.05) is 6.92 Å². The van der Waals surface area contributed by atoms with Crippen LogP contribution >= 0.6 is 0 Å². The van der Waals surface area contributed by atoms with Crippen LogP contribution in [-0.2, 0) is 9.53 Å². The summed E-state index contributed by atoms with van der Waals surface area (Å²) in [6.07, 6.45) is 3.01. The van der Waals surface area contributed by atoms with E-state index < -0.39 is 5.97 Å². The van der Waals surface area contributed by atoms with Crippen molar-refractivity contribution in [2.75, 3.05) is 6.61 Å². The zero-order chi connectivity index (χ0) is 9.40. The number of aliphatic carboxylic acids is 1. The Morgan fingerprint density at radius 3 is 2.75 bits per heavy atom. The van der Waals surface area contributed by atoms with E-state index in [0.29, 0.717) is 6.42 Å². The quantitative estimate of drug-likeness (QED) is 0.642. The van der Waals surface area contributed by atoms with E-state index in [0.717, 1.165) is 19.4 Å². The number of carboxylic acid groups (broad SMARTS) is 1. The average Bonchev–Trinajstić information content (AvgIpc) is 2.00. The summed E-state index contributed by atoms with van der Waals surface area (Å²) in [4.78, 5) is 10.2. The number of hydrogen-bond acceptors (Lipinski definition) is 2. The fourth-order valence-corrected chi connectivity index (χ4v) is 0.943. The lowest BCUT2D eigenvalue weighted by atomic mass is 10.2. The van der Waals surface area contributed by atoms with Crippen molar-refractivity contribution >= 4 is 5.97 Å². The molecule has 0 amide bonds. The molecule has 0 heterocycles. The van der Waals surface area contributed by atoms with Gasteiger partial charge in [-0.25, -0.2) is 0 Å². The Morgan fingerprint density at radius 1 is 1.58 bits per heavy atom. The standard InChI is InChI=1S/C9H18O3/c1-3-7-12-8(2)5-4-6-9(10)11/h8H,3-7H2,1-2H3,(H,10,11)/t8-/m1/s1. The first-order valence-electron chi connectivity index (χ1n) is 4.50. The van der Waals surface area contributed by atoms with Crippen molar-refractivity contribution in [3.63, 3.8) is 0 Å². The van der Waals surface area contributed by atoms with Gasteiger partial charge in [0.2, 0.25) is 0 Å². The third kappa shape index (κ3) is 7.54. The molecule has 0 spiro atoms. The Labute approximate surface area is 73.7 Å². The number of carbonyl (C=O) groups is 1. The summed E-state index contributed by atoms with van der Waals surface area (Å²) in [6, 6.07) is 0. The van der Waals surface area contributed by atoms with E-state index in [1.807, 2.05) is 6.92 Å². The Kier molecular flexibility index (Phi) is 6.76. The average molecular weight is 174 g/mol. The molecule has 1 atom stereocenters. The van der Waals surface area contributed by atoms with Crippen molar-refractivity contribution < 1.29 is 14.6 Å². The largest absolute Gasteiger partial charge is 0.481 e. The van der Waals surface area contributed by atoms with Gasteiger partial charge in [0.1, 0.15) is 0 Å². The van der Waals surface area contributed by atoms with Crippen molar-refractivity contribution in [1.29, 1.82) is 0 Å². The monoisotopic (exact) mass is 174 g/mol. The molecule has 1 N–H and O–H groups in total. The van der Waals surface area contributed by atoms with Crippen LogP contribution in [0.15, 0.2) is 0 Å². The highest BCUT2D eigenvalue weighted by Gasteiger charge is 2.03. The molecule has 0 radical (unpaired) electrons. The SMILES string of the molecule is CCCO[C@H](C)CCCC(=O)O. The smallest absolute Gasteiger partial charge is 0.303 e. The molecule has 0 bridgehead atoms. The van der Waals surface area contributed by atoms with E-state index in [4.69, 9.17) is 9.84 Å². The number of rotatable bonds is 7. The molecular formula is C9H18O3. The number of ether oxygens (including phenoxy) is 1. The Bertz CT molecular complexity index is 123. The summed E-state index contributed by atoms with van der Waals surface area (Å²) in [5.74, 6) is -0.724. The molecule has 0 fully saturated rings. The van der Waals surface area contributed by atoms with Crippen molar-refractivity contribution in [2.45, 2.75) is 45.6 Å². The van der Waals surface area contributed by atoms with Gasteiger partial charge in [-0.15, -0.1) is 0 Å². The van der Waals surface area contributed by atoms with Crippen molar-refractivity contribution in [1.82, 2.24) is 0 Å². The molecule has 3 heteroatoms. The van der Waals surface area contributed by atoms with Crippen LogP contribution in [0.25, 0.3) is 0 Å². The minimum atomic E-state index is -0.724. The van der Waals surface area contributed by atoms with Crippen LogP contribution in [0.1, 0.15) is 39.5 Å². The molecule has 12 heavy (non-hydrogen) atoms. The molecule has 0 saturated carbocycles. The summed E-state index contributed by atoms with van der Waals surface area (Å²) in [7, 11) is 0. The van der Waals surface area contributed by atoms with E-state index in [1.54, 1.807) is 0 Å². The molecule has 0 aromatic heterocycles. The second kappa shape index (κ2) is 7.10. The fourth-order valence-electron chi connectivity index (χ4n) is 0.943. The fraction of sp³-hybridized carbons (Fsp3) is 0.889. The third-order valence-corrected chi connectivity index (χ3v) is 1.61. The van der Waals surface area contributed by atoms with Gasteiger partial charge in [0.15, 0.2) is 0 Å². The topological polar surface area (TPSA) is 46.5 Å². The van der Waals surface area contributed by atoms with Crippen molar-refractivity contribution in [3.05, 3.63) is 0 Å². The van der Waals surface area contributed by atoms with Crippen LogP contribution in [0, 0.1) is 0 Å². The van der Waals surface area contributed by atoms with Crippen LogP contribution in [0.3, 0.4) is 0 Å². The Morgan fingerprint density at radius 2 is 2.25 bits per heavy atom. The molecule has 0 aliphatic carbocycles. The minimum Gasteiger partial charge on any atom is -0.481 e. The first-order valence-corrected chi connectivity index (χ1v) is 4.50.